The minimum atomic E-state index is 0.204. The van der Waals surface area contributed by atoms with Crippen LogP contribution in [-0.4, -0.2) is 55.1 Å². The van der Waals surface area contributed by atoms with Crippen molar-refractivity contribution in [3.05, 3.63) is 0 Å². The average molecular weight is 269 g/mol. The zero-order chi connectivity index (χ0) is 14.3. The maximum absolute atomic E-state index is 6.15. The third-order valence-electron chi connectivity index (χ3n) is 5.22. The Bertz CT molecular complexity index is 232. The Labute approximate surface area is 120 Å². The van der Waals surface area contributed by atoms with Crippen molar-refractivity contribution in [3.63, 3.8) is 0 Å². The summed E-state index contributed by atoms with van der Waals surface area (Å²) in [4.78, 5) is 5.13. The van der Waals surface area contributed by atoms with Crippen LogP contribution in [0.1, 0.15) is 52.9 Å². The maximum Gasteiger partial charge on any atom is 0.0329 e. The van der Waals surface area contributed by atoms with Gasteiger partial charge < -0.3 is 10.6 Å². The summed E-state index contributed by atoms with van der Waals surface area (Å²) in [5.74, 6) is 0.762. The third kappa shape index (κ3) is 4.73. The van der Waals surface area contributed by atoms with E-state index >= 15 is 0 Å². The Balaban J connectivity index is 2.52. The Hall–Kier alpha value is -0.120. The number of hydrogen-bond acceptors (Lipinski definition) is 3. The number of hydrogen-bond donors (Lipinski definition) is 1. The highest BCUT2D eigenvalue weighted by molar-refractivity contribution is 4.91. The molecule has 0 aromatic heterocycles. The molecule has 1 aliphatic heterocycles. The van der Waals surface area contributed by atoms with E-state index in [4.69, 9.17) is 5.73 Å². The molecule has 3 heteroatoms. The van der Waals surface area contributed by atoms with Crippen LogP contribution in [0.4, 0.5) is 0 Å². The van der Waals surface area contributed by atoms with Crippen LogP contribution in [0, 0.1) is 5.92 Å². The molecule has 3 nitrogen and oxygen atoms in total. The molecule has 2 N–H and O–H groups in total. The highest BCUT2D eigenvalue weighted by Gasteiger charge is 2.32. The fraction of sp³-hybridized carbons (Fsp3) is 1.00. The lowest BCUT2D eigenvalue weighted by atomic mass is 9.83. The molecule has 1 saturated heterocycles. The second-order valence-electron chi connectivity index (χ2n) is 6.47. The van der Waals surface area contributed by atoms with E-state index in [2.05, 4.69) is 37.6 Å². The van der Waals surface area contributed by atoms with Gasteiger partial charge in [-0.15, -0.1) is 0 Å². The number of rotatable bonds is 9. The van der Waals surface area contributed by atoms with Gasteiger partial charge in [-0.25, -0.2) is 0 Å². The van der Waals surface area contributed by atoms with Crippen molar-refractivity contribution in [2.24, 2.45) is 11.7 Å². The fourth-order valence-electron chi connectivity index (χ4n) is 3.28. The van der Waals surface area contributed by atoms with Gasteiger partial charge in [-0.1, -0.05) is 27.2 Å². The molecule has 0 bridgehead atoms. The minimum Gasteiger partial charge on any atom is -0.329 e. The SMILES string of the molecule is CCC(C)CC(CC)(CN)N(C)CCN1CCCC1. The summed E-state index contributed by atoms with van der Waals surface area (Å²) in [6.07, 6.45) is 6.40. The van der Waals surface area contributed by atoms with Crippen LogP contribution in [0.5, 0.6) is 0 Å². The van der Waals surface area contributed by atoms with Gasteiger partial charge >= 0.3 is 0 Å². The van der Waals surface area contributed by atoms with Gasteiger partial charge in [0.25, 0.3) is 0 Å². The molecular weight excluding hydrogens is 234 g/mol. The summed E-state index contributed by atoms with van der Waals surface area (Å²) < 4.78 is 0. The van der Waals surface area contributed by atoms with Gasteiger partial charge in [0, 0.05) is 25.2 Å². The normalized spacial score (nSPS) is 21.8. The van der Waals surface area contributed by atoms with Crippen molar-refractivity contribution in [2.45, 2.75) is 58.4 Å². The van der Waals surface area contributed by atoms with Crippen molar-refractivity contribution in [2.75, 3.05) is 39.8 Å². The van der Waals surface area contributed by atoms with E-state index in [1.807, 2.05) is 0 Å². The molecule has 2 atom stereocenters. The zero-order valence-corrected chi connectivity index (χ0v) is 13.6. The molecule has 1 aliphatic rings. The van der Waals surface area contributed by atoms with Crippen LogP contribution < -0.4 is 5.73 Å². The second kappa shape index (κ2) is 8.23. The lowest BCUT2D eigenvalue weighted by Crippen LogP contribution is -2.54. The third-order valence-corrected chi connectivity index (χ3v) is 5.22. The van der Waals surface area contributed by atoms with Crippen LogP contribution in [0.15, 0.2) is 0 Å². The predicted octanol–water partition coefficient (Wildman–Crippen LogP) is 2.56. The van der Waals surface area contributed by atoms with Crippen LogP contribution >= 0.6 is 0 Å². The largest absolute Gasteiger partial charge is 0.329 e. The minimum absolute atomic E-state index is 0.204. The Kier molecular flexibility index (Phi) is 7.33. The molecule has 0 aliphatic carbocycles. The van der Waals surface area contributed by atoms with Gasteiger partial charge in [0.1, 0.15) is 0 Å². The van der Waals surface area contributed by atoms with E-state index in [9.17, 15) is 0 Å². The van der Waals surface area contributed by atoms with Crippen molar-refractivity contribution in [1.82, 2.24) is 9.80 Å². The van der Waals surface area contributed by atoms with E-state index in [0.717, 1.165) is 25.4 Å². The van der Waals surface area contributed by atoms with E-state index < -0.39 is 0 Å². The molecule has 0 aromatic rings. The summed E-state index contributed by atoms with van der Waals surface area (Å²) in [6.45, 7) is 12.7. The highest BCUT2D eigenvalue weighted by Crippen LogP contribution is 2.27. The van der Waals surface area contributed by atoms with E-state index in [1.54, 1.807) is 0 Å². The molecule has 19 heavy (non-hydrogen) atoms. The predicted molar refractivity (Wildman–Crippen MR) is 84.5 cm³/mol. The number of nitrogens with two attached hydrogens (primary N) is 1. The summed E-state index contributed by atoms with van der Waals surface area (Å²) in [5, 5.41) is 0. The first-order valence-electron chi connectivity index (χ1n) is 8.21. The molecule has 1 heterocycles. The number of likely N-dealkylation sites (tertiary alicyclic amines) is 1. The molecule has 114 valence electrons. The highest BCUT2D eigenvalue weighted by atomic mass is 15.2. The van der Waals surface area contributed by atoms with E-state index in [1.165, 1.54) is 45.3 Å². The molecule has 1 fully saturated rings. The average Bonchev–Trinajstić information content (AvgIpc) is 2.95. The molecule has 0 amide bonds. The summed E-state index contributed by atoms with van der Waals surface area (Å²) >= 11 is 0. The monoisotopic (exact) mass is 269 g/mol. The number of likely N-dealkylation sites (N-methyl/N-ethyl adjacent to an activating group) is 1. The second-order valence-corrected chi connectivity index (χ2v) is 6.47. The van der Waals surface area contributed by atoms with E-state index in [0.29, 0.717) is 0 Å². The lowest BCUT2D eigenvalue weighted by molar-refractivity contribution is 0.0830. The van der Waals surface area contributed by atoms with Gasteiger partial charge in [0.2, 0.25) is 0 Å². The van der Waals surface area contributed by atoms with Gasteiger partial charge in [0.05, 0.1) is 0 Å². The smallest absolute Gasteiger partial charge is 0.0329 e. The van der Waals surface area contributed by atoms with Crippen molar-refractivity contribution < 1.29 is 0 Å². The Morgan fingerprint density at radius 1 is 1.26 bits per heavy atom. The molecule has 1 rings (SSSR count). The fourth-order valence-corrected chi connectivity index (χ4v) is 3.28. The van der Waals surface area contributed by atoms with Crippen LogP contribution in [0.2, 0.25) is 0 Å². The Morgan fingerprint density at radius 3 is 2.37 bits per heavy atom. The lowest BCUT2D eigenvalue weighted by Gasteiger charge is -2.43. The van der Waals surface area contributed by atoms with E-state index in [-0.39, 0.29) is 5.54 Å². The topological polar surface area (TPSA) is 32.5 Å². The van der Waals surface area contributed by atoms with Gasteiger partial charge in [-0.2, -0.15) is 0 Å². The molecule has 0 saturated carbocycles. The summed E-state index contributed by atoms with van der Waals surface area (Å²) in [5.41, 5.74) is 6.35. The molecular formula is C16H35N3. The first-order valence-corrected chi connectivity index (χ1v) is 8.21. The summed E-state index contributed by atoms with van der Waals surface area (Å²) in [6, 6.07) is 0. The van der Waals surface area contributed by atoms with Crippen LogP contribution in [0.3, 0.4) is 0 Å². The van der Waals surface area contributed by atoms with Gasteiger partial charge in [-0.3, -0.25) is 4.90 Å². The van der Waals surface area contributed by atoms with Crippen molar-refractivity contribution >= 4 is 0 Å². The summed E-state index contributed by atoms with van der Waals surface area (Å²) in [7, 11) is 2.27. The van der Waals surface area contributed by atoms with Gasteiger partial charge in [0.15, 0.2) is 0 Å². The maximum atomic E-state index is 6.15. The van der Waals surface area contributed by atoms with Crippen LogP contribution in [0.25, 0.3) is 0 Å². The molecule has 2 unspecified atom stereocenters. The first kappa shape index (κ1) is 16.9. The van der Waals surface area contributed by atoms with Gasteiger partial charge in [-0.05, 0) is 51.7 Å². The molecule has 0 aromatic carbocycles. The zero-order valence-electron chi connectivity index (χ0n) is 13.6. The first-order chi connectivity index (χ1) is 9.07. The van der Waals surface area contributed by atoms with Crippen LogP contribution in [-0.2, 0) is 0 Å². The quantitative estimate of drug-likeness (QED) is 0.698. The molecule has 0 radical (unpaired) electrons. The number of nitrogens with zero attached hydrogens (tertiary/aromatic N) is 2. The molecule has 0 spiro atoms. The standard InChI is InChI=1S/C16H35N3/c1-5-15(3)13-16(6-2,14-17)18(4)11-12-19-9-7-8-10-19/h15H,5-14,17H2,1-4H3. The van der Waals surface area contributed by atoms with Crippen molar-refractivity contribution in [1.29, 1.82) is 0 Å². The Morgan fingerprint density at radius 2 is 1.89 bits per heavy atom. The van der Waals surface area contributed by atoms with Crippen molar-refractivity contribution in [3.8, 4) is 0 Å².